The lowest BCUT2D eigenvalue weighted by atomic mass is 10.1. The van der Waals surface area contributed by atoms with E-state index >= 15 is 0 Å². The van der Waals surface area contributed by atoms with E-state index in [1.165, 1.54) is 16.8 Å². The van der Waals surface area contributed by atoms with E-state index in [2.05, 4.69) is 14.7 Å². The summed E-state index contributed by atoms with van der Waals surface area (Å²) < 4.78 is 8.10. The Balaban J connectivity index is 1.32. The Labute approximate surface area is 235 Å². The van der Waals surface area contributed by atoms with Crippen LogP contribution in [-0.2, 0) is 11.3 Å². The minimum absolute atomic E-state index is 0.0119. The summed E-state index contributed by atoms with van der Waals surface area (Å²) in [6.45, 7) is 5.04. The van der Waals surface area contributed by atoms with Gasteiger partial charge in [-0.2, -0.15) is 15.1 Å². The Hall–Kier alpha value is -4.14. The molecule has 9 heteroatoms. The number of hydrogen-bond acceptors (Lipinski definition) is 5. The number of benzene rings is 3. The van der Waals surface area contributed by atoms with Crippen molar-refractivity contribution >= 4 is 62.3 Å². The van der Waals surface area contributed by atoms with Gasteiger partial charge in [0.2, 0.25) is 5.17 Å². The van der Waals surface area contributed by atoms with Crippen LogP contribution in [-0.4, -0.2) is 38.1 Å². The molecule has 3 aromatic carbocycles. The van der Waals surface area contributed by atoms with Crippen molar-refractivity contribution in [2.45, 2.75) is 20.4 Å². The van der Waals surface area contributed by atoms with Crippen molar-refractivity contribution in [1.29, 1.82) is 5.41 Å². The Morgan fingerprint density at radius 2 is 1.77 bits per heavy atom. The summed E-state index contributed by atoms with van der Waals surface area (Å²) >= 11 is 7.54. The third-order valence-electron chi connectivity index (χ3n) is 6.73. The number of nitrogens with zero attached hydrogens (tertiary/aromatic N) is 4. The molecule has 0 radical (unpaired) electrons. The average molecular weight is 554 g/mol. The third kappa shape index (κ3) is 4.66. The van der Waals surface area contributed by atoms with Gasteiger partial charge in [0.15, 0.2) is 5.84 Å². The number of thioether (sulfide) groups is 1. The third-order valence-corrected chi connectivity index (χ3v) is 8.00. The normalized spacial score (nSPS) is 16.1. The number of aromatic nitrogens is 1. The van der Waals surface area contributed by atoms with Crippen molar-refractivity contribution in [2.75, 3.05) is 6.61 Å². The summed E-state index contributed by atoms with van der Waals surface area (Å²) in [7, 11) is 0. The van der Waals surface area contributed by atoms with Gasteiger partial charge in [0.1, 0.15) is 17.4 Å². The summed E-state index contributed by atoms with van der Waals surface area (Å²) in [5, 5.41) is 17.6. The van der Waals surface area contributed by atoms with Crippen LogP contribution in [0.2, 0.25) is 5.02 Å². The van der Waals surface area contributed by atoms with E-state index in [-0.39, 0.29) is 11.4 Å². The van der Waals surface area contributed by atoms with Gasteiger partial charge in [-0.25, -0.2) is 0 Å². The van der Waals surface area contributed by atoms with E-state index in [0.717, 1.165) is 33.3 Å². The molecular formula is C30H24ClN5O2S. The number of ether oxygens (including phenoxy) is 1. The lowest BCUT2D eigenvalue weighted by molar-refractivity contribution is -0.114. The van der Waals surface area contributed by atoms with E-state index < -0.39 is 5.91 Å². The van der Waals surface area contributed by atoms with Crippen LogP contribution in [0.5, 0.6) is 5.75 Å². The topological polar surface area (TPSA) is 83.0 Å². The molecule has 39 heavy (non-hydrogen) atoms. The van der Waals surface area contributed by atoms with E-state index in [1.54, 1.807) is 12.1 Å². The van der Waals surface area contributed by atoms with Gasteiger partial charge in [-0.3, -0.25) is 10.2 Å². The molecule has 1 N–H and O–H groups in total. The van der Waals surface area contributed by atoms with E-state index in [0.29, 0.717) is 34.1 Å². The molecule has 0 bridgehead atoms. The van der Waals surface area contributed by atoms with Crippen LogP contribution < -0.4 is 4.74 Å². The van der Waals surface area contributed by atoms with Crippen molar-refractivity contribution in [3.05, 3.63) is 106 Å². The molecular weight excluding hydrogens is 530 g/mol. The van der Waals surface area contributed by atoms with E-state index in [9.17, 15) is 4.79 Å². The number of nitrogens with one attached hydrogen (secondary N) is 1. The van der Waals surface area contributed by atoms with Crippen LogP contribution in [0.25, 0.3) is 17.0 Å². The zero-order valence-electron chi connectivity index (χ0n) is 21.3. The van der Waals surface area contributed by atoms with Gasteiger partial charge in [0.05, 0.1) is 17.1 Å². The van der Waals surface area contributed by atoms with Crippen LogP contribution in [0, 0.1) is 19.3 Å². The van der Waals surface area contributed by atoms with Gasteiger partial charge in [-0.1, -0.05) is 71.8 Å². The smallest absolute Gasteiger partial charge is 0.283 e. The fraction of sp³-hybridized carbons (Fsp3) is 0.133. The highest BCUT2D eigenvalue weighted by Crippen LogP contribution is 2.33. The molecule has 6 rings (SSSR count). The molecule has 0 unspecified atom stereocenters. The number of hydrazone groups is 1. The second kappa shape index (κ2) is 10.2. The van der Waals surface area contributed by atoms with Crippen LogP contribution >= 0.6 is 23.4 Å². The molecule has 2 aliphatic rings. The number of aryl methyl sites for hydroxylation is 1. The Kier molecular flexibility index (Phi) is 6.58. The SMILES string of the molecule is Cc1ccc(C2=NN3C(=N)/C(=C/c4c(C)n(CCOc5ccccc5Cl)c5ccccc45)C(=O)N=C3S2)cc1. The van der Waals surface area contributed by atoms with Gasteiger partial charge in [0, 0.05) is 27.7 Å². The van der Waals surface area contributed by atoms with Gasteiger partial charge >= 0.3 is 0 Å². The Bertz CT molecular complexity index is 1740. The first kappa shape index (κ1) is 25.2. The zero-order valence-corrected chi connectivity index (χ0v) is 22.9. The summed E-state index contributed by atoms with van der Waals surface area (Å²) in [6.07, 6.45) is 1.76. The second-order valence-electron chi connectivity index (χ2n) is 9.24. The summed E-state index contributed by atoms with van der Waals surface area (Å²) in [5.74, 6) is 0.204. The number of carbonyl (C=O) groups is 1. The molecule has 3 heterocycles. The van der Waals surface area contributed by atoms with Crippen molar-refractivity contribution < 1.29 is 9.53 Å². The second-order valence-corrected chi connectivity index (χ2v) is 10.6. The number of amides is 1. The molecule has 4 aromatic rings. The first-order valence-electron chi connectivity index (χ1n) is 12.4. The Morgan fingerprint density at radius 1 is 1.03 bits per heavy atom. The number of carbonyl (C=O) groups excluding carboxylic acids is 1. The predicted octanol–water partition coefficient (Wildman–Crippen LogP) is 6.66. The molecule has 7 nitrogen and oxygen atoms in total. The standard InChI is InChI=1S/C30H24ClN5O2S/c1-18-11-13-20(14-12-18)29-34-36-27(32)23(28(37)33-30(36)39-29)17-22-19(2)35(25-9-5-3-7-21(22)25)15-16-38-26-10-6-4-8-24(26)31/h3-14,17,32H,15-16H2,1-2H3/b23-17-,32-27?. The van der Waals surface area contributed by atoms with Gasteiger partial charge in [-0.15, -0.1) is 0 Å². The van der Waals surface area contributed by atoms with Crippen molar-refractivity contribution in [3.8, 4) is 5.75 Å². The molecule has 0 saturated carbocycles. The van der Waals surface area contributed by atoms with Gasteiger partial charge in [-0.05, 0) is 49.9 Å². The first-order valence-corrected chi connectivity index (χ1v) is 13.6. The lowest BCUT2D eigenvalue weighted by Crippen LogP contribution is -2.35. The van der Waals surface area contributed by atoms with E-state index in [4.69, 9.17) is 21.7 Å². The number of fused-ring (bicyclic) bond motifs is 2. The largest absolute Gasteiger partial charge is 0.490 e. The lowest BCUT2D eigenvalue weighted by Gasteiger charge is -2.20. The van der Waals surface area contributed by atoms with E-state index in [1.807, 2.05) is 80.6 Å². The summed E-state index contributed by atoms with van der Waals surface area (Å²) in [5.41, 5.74) is 5.11. The average Bonchev–Trinajstić information content (AvgIpc) is 3.47. The van der Waals surface area contributed by atoms with Crippen molar-refractivity contribution in [3.63, 3.8) is 0 Å². The number of aliphatic imine (C=N–C) groups is 1. The van der Waals surface area contributed by atoms with Crippen LogP contribution in [0.15, 0.2) is 88.5 Å². The highest BCUT2D eigenvalue weighted by atomic mass is 35.5. The van der Waals surface area contributed by atoms with Crippen molar-refractivity contribution in [2.24, 2.45) is 10.1 Å². The highest BCUT2D eigenvalue weighted by molar-refractivity contribution is 8.27. The number of hydrogen-bond donors (Lipinski definition) is 1. The fourth-order valence-electron chi connectivity index (χ4n) is 4.69. The minimum atomic E-state index is -0.447. The van der Waals surface area contributed by atoms with Crippen LogP contribution in [0.3, 0.4) is 0 Å². The zero-order chi connectivity index (χ0) is 27.1. The van der Waals surface area contributed by atoms with Gasteiger partial charge < -0.3 is 9.30 Å². The molecule has 1 amide bonds. The van der Waals surface area contributed by atoms with Crippen LogP contribution in [0.1, 0.15) is 22.4 Å². The maximum atomic E-state index is 13.1. The number of rotatable bonds is 6. The quantitative estimate of drug-likeness (QED) is 0.271. The summed E-state index contributed by atoms with van der Waals surface area (Å²) in [4.78, 5) is 17.4. The molecule has 0 spiro atoms. The number of amidine groups is 2. The maximum absolute atomic E-state index is 13.1. The summed E-state index contributed by atoms with van der Waals surface area (Å²) in [6, 6.07) is 23.4. The molecule has 0 fully saturated rings. The van der Waals surface area contributed by atoms with Crippen molar-refractivity contribution in [1.82, 2.24) is 9.58 Å². The van der Waals surface area contributed by atoms with Gasteiger partial charge in [0.25, 0.3) is 5.91 Å². The molecule has 0 atom stereocenters. The molecule has 0 aliphatic carbocycles. The minimum Gasteiger partial charge on any atom is -0.490 e. The first-order chi connectivity index (χ1) is 18.9. The molecule has 0 saturated heterocycles. The number of halogens is 1. The molecule has 1 aromatic heterocycles. The monoisotopic (exact) mass is 553 g/mol. The Morgan fingerprint density at radius 3 is 2.56 bits per heavy atom. The molecule has 194 valence electrons. The predicted molar refractivity (Wildman–Crippen MR) is 159 cm³/mol. The van der Waals surface area contributed by atoms with Crippen LogP contribution in [0.4, 0.5) is 0 Å². The highest BCUT2D eigenvalue weighted by Gasteiger charge is 2.36. The fourth-order valence-corrected chi connectivity index (χ4v) is 5.77. The molecule has 2 aliphatic heterocycles. The number of para-hydroxylation sites is 2. The maximum Gasteiger partial charge on any atom is 0.283 e.